The molecular formula is C18H15N7O. The number of aromatic nitrogens is 5. The Kier molecular flexibility index (Phi) is 3.77. The van der Waals surface area contributed by atoms with Gasteiger partial charge in [-0.2, -0.15) is 5.10 Å². The molecule has 1 amide bonds. The largest absolute Gasteiger partial charge is 0.397 e. The molecule has 0 aliphatic carbocycles. The lowest BCUT2D eigenvalue weighted by atomic mass is 10.0. The van der Waals surface area contributed by atoms with E-state index in [4.69, 9.17) is 5.73 Å². The monoisotopic (exact) mass is 345 g/mol. The maximum atomic E-state index is 12.6. The lowest BCUT2D eigenvalue weighted by Gasteiger charge is -2.05. The molecule has 4 rings (SSSR count). The van der Waals surface area contributed by atoms with Gasteiger partial charge in [-0.25, -0.2) is 9.97 Å². The number of amides is 1. The van der Waals surface area contributed by atoms with E-state index in [0.717, 1.165) is 16.6 Å². The zero-order valence-electron chi connectivity index (χ0n) is 13.9. The Hall–Kier alpha value is -3.81. The number of nitrogens with zero attached hydrogens (tertiary/aromatic N) is 4. The number of fused-ring (bicyclic) bond motifs is 1. The van der Waals surface area contributed by atoms with Crippen LogP contribution >= 0.6 is 0 Å². The van der Waals surface area contributed by atoms with Crippen LogP contribution in [0.15, 0.2) is 49.1 Å². The molecule has 0 aliphatic rings. The standard InChI is InChI=1S/C18H15N7O/c1-10-21-8-14(9-22-10)23-18(26)17-15-5-11(2-3-16(15)24-25-17)12-4-13(19)7-20-6-12/h2-9H,19H2,1H3,(H,23,26)(H,24,25). The van der Waals surface area contributed by atoms with Gasteiger partial charge in [0.25, 0.3) is 5.91 Å². The van der Waals surface area contributed by atoms with Crippen molar-refractivity contribution in [2.24, 2.45) is 0 Å². The second-order valence-electron chi connectivity index (χ2n) is 5.81. The fourth-order valence-electron chi connectivity index (χ4n) is 2.63. The summed E-state index contributed by atoms with van der Waals surface area (Å²) in [5.74, 6) is 0.292. The van der Waals surface area contributed by atoms with Crippen LogP contribution in [0.5, 0.6) is 0 Å². The molecule has 8 nitrogen and oxygen atoms in total. The van der Waals surface area contributed by atoms with E-state index >= 15 is 0 Å². The van der Waals surface area contributed by atoms with E-state index in [1.807, 2.05) is 24.3 Å². The van der Waals surface area contributed by atoms with Crippen molar-refractivity contribution in [2.45, 2.75) is 6.92 Å². The Morgan fingerprint density at radius 2 is 1.88 bits per heavy atom. The van der Waals surface area contributed by atoms with Crippen molar-refractivity contribution < 1.29 is 4.79 Å². The normalized spacial score (nSPS) is 10.8. The highest BCUT2D eigenvalue weighted by Crippen LogP contribution is 2.26. The Morgan fingerprint density at radius 3 is 2.65 bits per heavy atom. The first kappa shape index (κ1) is 15.7. The average molecular weight is 345 g/mol. The second-order valence-corrected chi connectivity index (χ2v) is 5.81. The molecule has 0 spiro atoms. The topological polar surface area (TPSA) is 122 Å². The maximum absolute atomic E-state index is 12.6. The number of aromatic amines is 1. The van der Waals surface area contributed by atoms with Gasteiger partial charge in [-0.1, -0.05) is 6.07 Å². The van der Waals surface area contributed by atoms with Crippen molar-refractivity contribution in [3.63, 3.8) is 0 Å². The number of hydrogen-bond donors (Lipinski definition) is 3. The van der Waals surface area contributed by atoms with Gasteiger partial charge in [-0.15, -0.1) is 0 Å². The summed E-state index contributed by atoms with van der Waals surface area (Å²) >= 11 is 0. The molecule has 0 bridgehead atoms. The van der Waals surface area contributed by atoms with E-state index in [0.29, 0.717) is 28.3 Å². The molecule has 128 valence electrons. The molecule has 3 heterocycles. The van der Waals surface area contributed by atoms with Gasteiger partial charge in [-0.3, -0.25) is 14.9 Å². The third kappa shape index (κ3) is 2.95. The number of rotatable bonds is 3. The highest BCUT2D eigenvalue weighted by molar-refractivity contribution is 6.11. The van der Waals surface area contributed by atoms with E-state index in [1.54, 1.807) is 31.7 Å². The predicted octanol–water partition coefficient (Wildman–Crippen LogP) is 2.56. The summed E-state index contributed by atoms with van der Waals surface area (Å²) < 4.78 is 0. The van der Waals surface area contributed by atoms with Gasteiger partial charge >= 0.3 is 0 Å². The molecule has 0 atom stereocenters. The first-order valence-electron chi connectivity index (χ1n) is 7.89. The van der Waals surface area contributed by atoms with Crippen molar-refractivity contribution in [1.29, 1.82) is 0 Å². The van der Waals surface area contributed by atoms with Crippen molar-refractivity contribution in [3.05, 3.63) is 60.6 Å². The number of aryl methyl sites for hydroxylation is 1. The van der Waals surface area contributed by atoms with E-state index in [1.165, 1.54) is 0 Å². The van der Waals surface area contributed by atoms with Gasteiger partial charge in [0, 0.05) is 23.3 Å². The lowest BCUT2D eigenvalue weighted by Crippen LogP contribution is -2.13. The summed E-state index contributed by atoms with van der Waals surface area (Å²) in [6.45, 7) is 1.78. The number of benzene rings is 1. The highest BCUT2D eigenvalue weighted by Gasteiger charge is 2.15. The number of H-pyrrole nitrogens is 1. The number of anilines is 2. The van der Waals surface area contributed by atoms with Crippen LogP contribution in [-0.4, -0.2) is 31.1 Å². The smallest absolute Gasteiger partial charge is 0.276 e. The number of nitrogen functional groups attached to an aromatic ring is 1. The van der Waals surface area contributed by atoms with Gasteiger partial charge in [0.2, 0.25) is 0 Å². The molecular weight excluding hydrogens is 330 g/mol. The Labute approximate surface area is 148 Å². The molecule has 8 heteroatoms. The van der Waals surface area contributed by atoms with Crippen LogP contribution in [-0.2, 0) is 0 Å². The third-order valence-electron chi connectivity index (χ3n) is 3.91. The lowest BCUT2D eigenvalue weighted by molar-refractivity contribution is 0.102. The van der Waals surface area contributed by atoms with Crippen molar-refractivity contribution in [3.8, 4) is 11.1 Å². The molecule has 0 aliphatic heterocycles. The van der Waals surface area contributed by atoms with Gasteiger partial charge < -0.3 is 11.1 Å². The Balaban J connectivity index is 1.70. The minimum atomic E-state index is -0.341. The van der Waals surface area contributed by atoms with E-state index in [2.05, 4.69) is 30.5 Å². The van der Waals surface area contributed by atoms with Crippen LogP contribution in [0.4, 0.5) is 11.4 Å². The molecule has 3 aromatic heterocycles. The van der Waals surface area contributed by atoms with Crippen LogP contribution in [0.1, 0.15) is 16.3 Å². The molecule has 0 unspecified atom stereocenters. The maximum Gasteiger partial charge on any atom is 0.276 e. The summed E-state index contributed by atoms with van der Waals surface area (Å²) in [6.07, 6.45) is 6.42. The zero-order chi connectivity index (χ0) is 18.1. The number of hydrogen-bond acceptors (Lipinski definition) is 6. The van der Waals surface area contributed by atoms with Crippen LogP contribution in [0.25, 0.3) is 22.0 Å². The molecule has 1 aromatic carbocycles. The third-order valence-corrected chi connectivity index (χ3v) is 3.91. The molecule has 4 aromatic rings. The molecule has 0 saturated heterocycles. The second kappa shape index (κ2) is 6.25. The molecule has 0 saturated carbocycles. The Morgan fingerprint density at radius 1 is 1.08 bits per heavy atom. The van der Waals surface area contributed by atoms with E-state index < -0.39 is 0 Å². The number of carbonyl (C=O) groups excluding carboxylic acids is 1. The fourth-order valence-corrected chi connectivity index (χ4v) is 2.63. The van der Waals surface area contributed by atoms with Crippen LogP contribution in [0.3, 0.4) is 0 Å². The summed E-state index contributed by atoms with van der Waals surface area (Å²) in [7, 11) is 0. The number of nitrogens with two attached hydrogens (primary N) is 1. The zero-order valence-corrected chi connectivity index (χ0v) is 13.9. The number of nitrogens with one attached hydrogen (secondary N) is 2. The average Bonchev–Trinajstić information content (AvgIpc) is 3.07. The molecule has 26 heavy (non-hydrogen) atoms. The first-order valence-corrected chi connectivity index (χ1v) is 7.89. The van der Waals surface area contributed by atoms with Crippen molar-refractivity contribution in [1.82, 2.24) is 25.1 Å². The van der Waals surface area contributed by atoms with Gasteiger partial charge in [0.1, 0.15) is 5.82 Å². The summed E-state index contributed by atoms with van der Waals surface area (Å²) in [4.78, 5) is 24.8. The van der Waals surface area contributed by atoms with Crippen LogP contribution in [0, 0.1) is 6.92 Å². The van der Waals surface area contributed by atoms with E-state index in [-0.39, 0.29) is 5.91 Å². The Bertz CT molecular complexity index is 1100. The van der Waals surface area contributed by atoms with Crippen molar-refractivity contribution >= 4 is 28.2 Å². The number of pyridine rings is 1. The van der Waals surface area contributed by atoms with Gasteiger partial charge in [-0.05, 0) is 30.7 Å². The quantitative estimate of drug-likeness (QED) is 0.524. The van der Waals surface area contributed by atoms with E-state index in [9.17, 15) is 4.79 Å². The predicted molar refractivity (Wildman–Crippen MR) is 98.5 cm³/mol. The minimum absolute atomic E-state index is 0.291. The summed E-state index contributed by atoms with van der Waals surface area (Å²) in [5, 5.41) is 10.5. The SMILES string of the molecule is Cc1ncc(NC(=O)c2n[nH]c3ccc(-c4cncc(N)c4)cc23)cn1. The molecule has 0 fully saturated rings. The van der Waals surface area contributed by atoms with Crippen LogP contribution in [0.2, 0.25) is 0 Å². The van der Waals surface area contributed by atoms with Crippen molar-refractivity contribution in [2.75, 3.05) is 11.1 Å². The summed E-state index contributed by atoms with van der Waals surface area (Å²) in [6, 6.07) is 7.51. The fraction of sp³-hybridized carbons (Fsp3) is 0.0556. The van der Waals surface area contributed by atoms with Crippen LogP contribution < -0.4 is 11.1 Å². The van der Waals surface area contributed by atoms with Gasteiger partial charge in [0.05, 0.1) is 29.3 Å². The summed E-state index contributed by atoms with van der Waals surface area (Å²) in [5.41, 5.74) is 9.70. The van der Waals surface area contributed by atoms with Gasteiger partial charge in [0.15, 0.2) is 5.69 Å². The molecule has 4 N–H and O–H groups in total. The molecule has 0 radical (unpaired) electrons. The first-order chi connectivity index (χ1) is 12.6. The number of carbonyl (C=O) groups is 1. The minimum Gasteiger partial charge on any atom is -0.397 e. The highest BCUT2D eigenvalue weighted by atomic mass is 16.1.